The standard InChI is InChI=1S/C13H17BrN4/c1-8-6-10(7-9(2)12(8)14)13-16-11(17-18-13)4-3-5-15/h6-7H,3-5,15H2,1-2H3,(H,16,17,18). The molecule has 0 radical (unpaired) electrons. The quantitative estimate of drug-likeness (QED) is 0.912. The number of aromatic amines is 1. The van der Waals surface area contributed by atoms with E-state index in [1.165, 1.54) is 11.1 Å². The van der Waals surface area contributed by atoms with E-state index in [1.54, 1.807) is 0 Å². The lowest BCUT2D eigenvalue weighted by Crippen LogP contribution is -2.01. The summed E-state index contributed by atoms with van der Waals surface area (Å²) in [5.41, 5.74) is 8.91. The molecule has 1 aromatic heterocycles. The van der Waals surface area contributed by atoms with Gasteiger partial charge in [-0.15, -0.1) is 0 Å². The molecule has 0 fully saturated rings. The lowest BCUT2D eigenvalue weighted by atomic mass is 10.1. The molecule has 0 bridgehead atoms. The smallest absolute Gasteiger partial charge is 0.181 e. The lowest BCUT2D eigenvalue weighted by Gasteiger charge is -2.05. The van der Waals surface area contributed by atoms with E-state index in [2.05, 4.69) is 57.1 Å². The molecule has 1 aromatic carbocycles. The highest BCUT2D eigenvalue weighted by molar-refractivity contribution is 9.10. The minimum Gasteiger partial charge on any atom is -0.330 e. The molecule has 2 aromatic rings. The van der Waals surface area contributed by atoms with Crippen LogP contribution in [0.2, 0.25) is 0 Å². The Bertz CT molecular complexity index is 525. The second-order valence-corrected chi connectivity index (χ2v) is 5.21. The fraction of sp³-hybridized carbons (Fsp3) is 0.385. The fourth-order valence-corrected chi connectivity index (χ4v) is 2.11. The predicted molar refractivity (Wildman–Crippen MR) is 76.4 cm³/mol. The van der Waals surface area contributed by atoms with Gasteiger partial charge in [-0.3, -0.25) is 5.10 Å². The van der Waals surface area contributed by atoms with Crippen LogP contribution >= 0.6 is 15.9 Å². The molecule has 0 aliphatic rings. The minimum absolute atomic E-state index is 0.673. The van der Waals surface area contributed by atoms with Crippen molar-refractivity contribution in [2.24, 2.45) is 5.73 Å². The van der Waals surface area contributed by atoms with Crippen LogP contribution in [0.1, 0.15) is 23.4 Å². The van der Waals surface area contributed by atoms with Crippen LogP contribution in [-0.4, -0.2) is 21.7 Å². The van der Waals surface area contributed by atoms with Crippen LogP contribution in [0, 0.1) is 13.8 Å². The van der Waals surface area contributed by atoms with E-state index in [-0.39, 0.29) is 0 Å². The Morgan fingerprint density at radius 3 is 2.56 bits per heavy atom. The number of nitrogens with two attached hydrogens (primary N) is 1. The molecule has 0 aliphatic carbocycles. The van der Waals surface area contributed by atoms with Gasteiger partial charge in [-0.05, 0) is 50.1 Å². The summed E-state index contributed by atoms with van der Waals surface area (Å²) < 4.78 is 1.14. The summed E-state index contributed by atoms with van der Waals surface area (Å²) in [7, 11) is 0. The second-order valence-electron chi connectivity index (χ2n) is 4.42. The van der Waals surface area contributed by atoms with Gasteiger partial charge in [0.2, 0.25) is 0 Å². The summed E-state index contributed by atoms with van der Waals surface area (Å²) >= 11 is 3.56. The van der Waals surface area contributed by atoms with Crippen LogP contribution in [-0.2, 0) is 6.42 Å². The van der Waals surface area contributed by atoms with E-state index in [0.29, 0.717) is 6.54 Å². The van der Waals surface area contributed by atoms with E-state index in [0.717, 1.165) is 34.5 Å². The molecule has 0 spiro atoms. The molecule has 0 aliphatic heterocycles. The Balaban J connectivity index is 2.28. The predicted octanol–water partition coefficient (Wildman–Crippen LogP) is 2.74. The average molecular weight is 309 g/mol. The maximum absolute atomic E-state index is 5.48. The topological polar surface area (TPSA) is 67.6 Å². The molecule has 0 unspecified atom stereocenters. The maximum atomic E-state index is 5.48. The number of benzene rings is 1. The SMILES string of the molecule is Cc1cc(-c2n[nH]c(CCCN)n2)cc(C)c1Br. The number of aromatic nitrogens is 3. The van der Waals surface area contributed by atoms with Gasteiger partial charge >= 0.3 is 0 Å². The molecule has 5 heteroatoms. The molecule has 3 N–H and O–H groups in total. The molecule has 0 saturated heterocycles. The number of nitrogens with one attached hydrogen (secondary N) is 1. The molecule has 0 saturated carbocycles. The molecule has 0 amide bonds. The van der Waals surface area contributed by atoms with Gasteiger partial charge in [0.05, 0.1) is 0 Å². The third kappa shape index (κ3) is 2.79. The van der Waals surface area contributed by atoms with Crippen molar-refractivity contribution in [2.45, 2.75) is 26.7 Å². The first kappa shape index (κ1) is 13.2. The summed E-state index contributed by atoms with van der Waals surface area (Å²) in [6, 6.07) is 4.18. The molecule has 18 heavy (non-hydrogen) atoms. The number of hydrogen-bond donors (Lipinski definition) is 2. The zero-order valence-corrected chi connectivity index (χ0v) is 12.2. The highest BCUT2D eigenvalue weighted by Crippen LogP contribution is 2.26. The van der Waals surface area contributed by atoms with Gasteiger partial charge in [-0.2, -0.15) is 5.10 Å². The molecule has 2 rings (SSSR count). The minimum atomic E-state index is 0.673. The van der Waals surface area contributed by atoms with Gasteiger partial charge in [0.25, 0.3) is 0 Å². The van der Waals surface area contributed by atoms with E-state index in [9.17, 15) is 0 Å². The van der Waals surface area contributed by atoms with Crippen molar-refractivity contribution in [3.05, 3.63) is 33.6 Å². The summed E-state index contributed by atoms with van der Waals surface area (Å²) in [4.78, 5) is 4.49. The largest absolute Gasteiger partial charge is 0.330 e. The van der Waals surface area contributed by atoms with Crippen molar-refractivity contribution >= 4 is 15.9 Å². The highest BCUT2D eigenvalue weighted by atomic mass is 79.9. The summed E-state index contributed by atoms with van der Waals surface area (Å²) in [6.07, 6.45) is 1.77. The van der Waals surface area contributed by atoms with Crippen LogP contribution < -0.4 is 5.73 Å². The van der Waals surface area contributed by atoms with Crippen LogP contribution in [0.4, 0.5) is 0 Å². The number of aryl methyl sites for hydroxylation is 3. The van der Waals surface area contributed by atoms with Gasteiger partial charge in [0, 0.05) is 16.5 Å². The molecular formula is C13H17BrN4. The molecule has 0 atom stereocenters. The highest BCUT2D eigenvalue weighted by Gasteiger charge is 2.09. The average Bonchev–Trinajstić information content (AvgIpc) is 2.81. The molecule has 96 valence electrons. The van der Waals surface area contributed by atoms with Gasteiger partial charge < -0.3 is 5.73 Å². The van der Waals surface area contributed by atoms with Crippen LogP contribution in [0.3, 0.4) is 0 Å². The second kappa shape index (κ2) is 5.63. The van der Waals surface area contributed by atoms with Crippen molar-refractivity contribution in [1.29, 1.82) is 0 Å². The Labute approximate surface area is 115 Å². The number of hydrogen-bond acceptors (Lipinski definition) is 3. The van der Waals surface area contributed by atoms with Crippen molar-refractivity contribution < 1.29 is 0 Å². The third-order valence-corrected chi connectivity index (χ3v) is 4.09. The van der Waals surface area contributed by atoms with E-state index < -0.39 is 0 Å². The fourth-order valence-electron chi connectivity index (χ4n) is 1.88. The Morgan fingerprint density at radius 2 is 1.94 bits per heavy atom. The molecule has 1 heterocycles. The van der Waals surface area contributed by atoms with Crippen LogP contribution in [0.15, 0.2) is 16.6 Å². The van der Waals surface area contributed by atoms with Crippen molar-refractivity contribution in [3.63, 3.8) is 0 Å². The van der Waals surface area contributed by atoms with E-state index >= 15 is 0 Å². The van der Waals surface area contributed by atoms with E-state index in [1.807, 2.05) is 0 Å². The van der Waals surface area contributed by atoms with Crippen LogP contribution in [0.5, 0.6) is 0 Å². The molecular weight excluding hydrogens is 292 g/mol. The monoisotopic (exact) mass is 308 g/mol. The zero-order valence-electron chi connectivity index (χ0n) is 10.6. The van der Waals surface area contributed by atoms with Gasteiger partial charge in [0.1, 0.15) is 5.82 Å². The summed E-state index contributed by atoms with van der Waals surface area (Å²) in [6.45, 7) is 4.82. The summed E-state index contributed by atoms with van der Waals surface area (Å²) in [5.74, 6) is 1.65. The van der Waals surface area contributed by atoms with Gasteiger partial charge in [-0.1, -0.05) is 15.9 Å². The van der Waals surface area contributed by atoms with E-state index in [4.69, 9.17) is 5.73 Å². The first-order valence-electron chi connectivity index (χ1n) is 6.00. The first-order valence-corrected chi connectivity index (χ1v) is 6.79. The summed E-state index contributed by atoms with van der Waals surface area (Å²) in [5, 5.41) is 7.22. The number of rotatable bonds is 4. The normalized spacial score (nSPS) is 10.9. The van der Waals surface area contributed by atoms with Gasteiger partial charge in [0.15, 0.2) is 5.82 Å². The first-order chi connectivity index (χ1) is 8.61. The Kier molecular flexibility index (Phi) is 4.14. The number of nitrogens with zero attached hydrogens (tertiary/aromatic N) is 2. The third-order valence-electron chi connectivity index (χ3n) is 2.84. The lowest BCUT2D eigenvalue weighted by molar-refractivity contribution is 0.785. The van der Waals surface area contributed by atoms with Gasteiger partial charge in [-0.25, -0.2) is 4.98 Å². The molecule has 4 nitrogen and oxygen atoms in total. The zero-order chi connectivity index (χ0) is 13.1. The maximum Gasteiger partial charge on any atom is 0.181 e. The van der Waals surface area contributed by atoms with Crippen molar-refractivity contribution in [1.82, 2.24) is 15.2 Å². The van der Waals surface area contributed by atoms with Crippen molar-refractivity contribution in [2.75, 3.05) is 6.54 Å². The Hall–Kier alpha value is -1.20. The number of halogens is 1. The Morgan fingerprint density at radius 1 is 1.28 bits per heavy atom. The van der Waals surface area contributed by atoms with Crippen molar-refractivity contribution in [3.8, 4) is 11.4 Å². The number of H-pyrrole nitrogens is 1. The van der Waals surface area contributed by atoms with Crippen LogP contribution in [0.25, 0.3) is 11.4 Å².